The topological polar surface area (TPSA) is 117 Å². The molecule has 3 heterocycles. The molecule has 1 fully saturated rings. The fraction of sp³-hybridized carbons (Fsp3) is 0.450. The third-order valence-corrected chi connectivity index (χ3v) is 5.30. The van der Waals surface area contributed by atoms with E-state index < -0.39 is 17.4 Å². The predicted octanol–water partition coefficient (Wildman–Crippen LogP) is -0.419. The molecule has 0 saturated carbocycles. The number of aliphatic hydroxyl groups excluding tert-OH is 1. The number of aromatic amines is 1. The van der Waals surface area contributed by atoms with E-state index in [-0.39, 0.29) is 18.7 Å². The second-order valence-electron chi connectivity index (χ2n) is 7.48. The molecule has 1 aliphatic heterocycles. The number of benzene rings is 1. The van der Waals surface area contributed by atoms with E-state index in [1.54, 1.807) is 11.6 Å². The van der Waals surface area contributed by atoms with Crippen LogP contribution in [0.3, 0.4) is 0 Å². The van der Waals surface area contributed by atoms with Crippen LogP contribution in [-0.2, 0) is 13.6 Å². The van der Waals surface area contributed by atoms with Gasteiger partial charge in [-0.1, -0.05) is 18.2 Å². The molecule has 2 aromatic heterocycles. The van der Waals surface area contributed by atoms with Crippen molar-refractivity contribution in [3.8, 4) is 5.75 Å². The summed E-state index contributed by atoms with van der Waals surface area (Å²) in [4.78, 5) is 33.6. The molecule has 1 saturated heterocycles. The Morgan fingerprint density at radius 1 is 1.23 bits per heavy atom. The highest BCUT2D eigenvalue weighted by molar-refractivity contribution is 5.74. The van der Waals surface area contributed by atoms with Crippen LogP contribution in [0.25, 0.3) is 11.2 Å². The Balaban J connectivity index is 1.67. The van der Waals surface area contributed by atoms with Crippen molar-refractivity contribution >= 4 is 17.1 Å². The van der Waals surface area contributed by atoms with Crippen molar-refractivity contribution in [1.82, 2.24) is 24.4 Å². The molecule has 0 spiro atoms. The molecule has 0 bridgehead atoms. The van der Waals surface area contributed by atoms with E-state index in [0.717, 1.165) is 18.7 Å². The highest BCUT2D eigenvalue weighted by Gasteiger charge is 2.24. The summed E-state index contributed by atoms with van der Waals surface area (Å²) in [6.07, 6.45) is -0.875. The Morgan fingerprint density at radius 3 is 2.70 bits per heavy atom. The van der Waals surface area contributed by atoms with Gasteiger partial charge in [0.1, 0.15) is 18.5 Å². The van der Waals surface area contributed by atoms with Gasteiger partial charge < -0.3 is 24.6 Å². The maximum absolute atomic E-state index is 12.6. The lowest BCUT2D eigenvalue weighted by molar-refractivity contribution is 0.0933. The average Bonchev–Trinajstić information content (AvgIpc) is 3.12. The number of fused-ring (bicyclic) bond motifs is 1. The van der Waals surface area contributed by atoms with Crippen LogP contribution < -0.4 is 26.2 Å². The minimum atomic E-state index is -0.875. The van der Waals surface area contributed by atoms with Gasteiger partial charge in [-0.3, -0.25) is 14.3 Å². The third-order valence-electron chi connectivity index (χ3n) is 5.30. The van der Waals surface area contributed by atoms with Crippen molar-refractivity contribution in [2.45, 2.75) is 19.6 Å². The zero-order valence-corrected chi connectivity index (χ0v) is 17.1. The molecule has 4 rings (SSSR count). The summed E-state index contributed by atoms with van der Waals surface area (Å²) in [5.74, 6) is 1.27. The number of H-pyrrole nitrogens is 1. The normalized spacial score (nSPS) is 15.5. The third kappa shape index (κ3) is 3.83. The number of para-hydroxylation sites is 1. The van der Waals surface area contributed by atoms with E-state index >= 15 is 0 Å². The molecule has 1 aromatic carbocycles. The number of nitrogens with zero attached hydrogens (tertiary/aromatic N) is 4. The molecule has 10 nitrogen and oxygen atoms in total. The first-order chi connectivity index (χ1) is 14.5. The molecule has 30 heavy (non-hydrogen) atoms. The molecule has 0 aliphatic carbocycles. The van der Waals surface area contributed by atoms with Crippen molar-refractivity contribution < 1.29 is 9.84 Å². The van der Waals surface area contributed by atoms with Crippen molar-refractivity contribution in [3.63, 3.8) is 0 Å². The van der Waals surface area contributed by atoms with Crippen LogP contribution in [0, 0.1) is 6.92 Å². The van der Waals surface area contributed by atoms with E-state index in [0.29, 0.717) is 30.4 Å². The number of nitrogens with one attached hydrogen (secondary N) is 2. The highest BCUT2D eigenvalue weighted by Crippen LogP contribution is 2.21. The second-order valence-corrected chi connectivity index (χ2v) is 7.48. The van der Waals surface area contributed by atoms with E-state index in [1.807, 2.05) is 31.2 Å². The van der Waals surface area contributed by atoms with Gasteiger partial charge in [0.15, 0.2) is 11.2 Å². The molecule has 0 radical (unpaired) electrons. The highest BCUT2D eigenvalue weighted by atomic mass is 16.5. The van der Waals surface area contributed by atoms with Crippen molar-refractivity contribution in [2.75, 3.05) is 37.7 Å². The van der Waals surface area contributed by atoms with E-state index in [4.69, 9.17) is 4.74 Å². The Labute approximate surface area is 172 Å². The van der Waals surface area contributed by atoms with Gasteiger partial charge in [-0.15, -0.1) is 0 Å². The lowest BCUT2D eigenvalue weighted by Crippen LogP contribution is -2.45. The summed E-state index contributed by atoms with van der Waals surface area (Å²) in [5, 5.41) is 14.0. The van der Waals surface area contributed by atoms with Crippen LogP contribution in [-0.4, -0.2) is 63.1 Å². The summed E-state index contributed by atoms with van der Waals surface area (Å²) in [5.41, 5.74) is 0.497. The number of hydrogen-bond donors (Lipinski definition) is 3. The Bertz CT molecular complexity index is 1160. The van der Waals surface area contributed by atoms with Gasteiger partial charge in [-0.05, 0) is 18.6 Å². The minimum absolute atomic E-state index is 0.0647. The molecule has 160 valence electrons. The number of hydrogen-bond acceptors (Lipinski definition) is 7. The number of aryl methyl sites for hydroxylation is 2. The van der Waals surface area contributed by atoms with Crippen LogP contribution in [0.15, 0.2) is 33.9 Å². The van der Waals surface area contributed by atoms with Gasteiger partial charge >= 0.3 is 5.69 Å². The Hall–Kier alpha value is -3.11. The van der Waals surface area contributed by atoms with Gasteiger partial charge in [0.2, 0.25) is 5.95 Å². The average molecular weight is 414 g/mol. The second kappa shape index (κ2) is 8.33. The summed E-state index contributed by atoms with van der Waals surface area (Å²) in [6.45, 7) is 5.12. The monoisotopic (exact) mass is 414 g/mol. The number of anilines is 1. The summed E-state index contributed by atoms with van der Waals surface area (Å²) in [6, 6.07) is 7.59. The van der Waals surface area contributed by atoms with Crippen LogP contribution in [0.1, 0.15) is 5.56 Å². The number of aliphatic hydroxyl groups is 1. The molecule has 1 atom stereocenters. The lowest BCUT2D eigenvalue weighted by atomic mass is 10.2. The maximum atomic E-state index is 12.6. The Morgan fingerprint density at radius 2 is 1.97 bits per heavy atom. The van der Waals surface area contributed by atoms with E-state index in [2.05, 4.69) is 20.2 Å². The quantitative estimate of drug-likeness (QED) is 0.502. The van der Waals surface area contributed by atoms with E-state index in [1.165, 1.54) is 4.57 Å². The summed E-state index contributed by atoms with van der Waals surface area (Å²) >= 11 is 0. The number of aromatic nitrogens is 4. The first-order valence-electron chi connectivity index (χ1n) is 9.97. The molecule has 10 heteroatoms. The zero-order valence-electron chi connectivity index (χ0n) is 17.1. The fourth-order valence-electron chi connectivity index (χ4n) is 3.67. The Kier molecular flexibility index (Phi) is 5.60. The molecular weight excluding hydrogens is 388 g/mol. The number of piperazine rings is 1. The van der Waals surface area contributed by atoms with Gasteiger partial charge in [0, 0.05) is 33.2 Å². The van der Waals surface area contributed by atoms with Gasteiger partial charge in [-0.2, -0.15) is 4.98 Å². The zero-order chi connectivity index (χ0) is 21.3. The molecule has 3 N–H and O–H groups in total. The fourth-order valence-corrected chi connectivity index (χ4v) is 3.67. The van der Waals surface area contributed by atoms with Gasteiger partial charge in [-0.25, -0.2) is 4.79 Å². The summed E-state index contributed by atoms with van der Waals surface area (Å²) in [7, 11) is 1.57. The predicted molar refractivity (Wildman–Crippen MR) is 113 cm³/mol. The van der Waals surface area contributed by atoms with Crippen LogP contribution in [0.4, 0.5) is 5.95 Å². The number of imidazole rings is 1. The summed E-state index contributed by atoms with van der Waals surface area (Å²) < 4.78 is 8.77. The van der Waals surface area contributed by atoms with Crippen LogP contribution in [0.2, 0.25) is 0 Å². The first kappa shape index (κ1) is 20.2. The number of rotatable bonds is 6. The van der Waals surface area contributed by atoms with Crippen molar-refractivity contribution in [3.05, 3.63) is 50.7 Å². The molecule has 3 aromatic rings. The van der Waals surface area contributed by atoms with Crippen molar-refractivity contribution in [1.29, 1.82) is 0 Å². The smallest absolute Gasteiger partial charge is 0.329 e. The largest absolute Gasteiger partial charge is 0.491 e. The van der Waals surface area contributed by atoms with Crippen molar-refractivity contribution in [2.24, 2.45) is 7.05 Å². The van der Waals surface area contributed by atoms with Gasteiger partial charge in [0.25, 0.3) is 5.56 Å². The first-order valence-corrected chi connectivity index (χ1v) is 9.97. The van der Waals surface area contributed by atoms with Crippen LogP contribution in [0.5, 0.6) is 5.75 Å². The van der Waals surface area contributed by atoms with Crippen LogP contribution >= 0.6 is 0 Å². The standard InChI is InChI=1S/C20H26N6O4/c1-13-5-3-4-6-15(13)30-12-14(27)11-26-16-17(24(2)20(29)23-18(16)28)22-19(26)25-9-7-21-8-10-25/h3-6,14,21,27H,7-12H2,1-2H3,(H,23,28,29)/t14-/m1/s1. The molecule has 0 unspecified atom stereocenters. The molecule has 0 amide bonds. The lowest BCUT2D eigenvalue weighted by Gasteiger charge is -2.29. The molecular formula is C20H26N6O4. The SMILES string of the molecule is Cc1ccccc1OC[C@H](O)Cn1c(N2CCNCC2)nc2c1c(=O)[nH]c(=O)n2C. The minimum Gasteiger partial charge on any atom is -0.491 e. The van der Waals surface area contributed by atoms with E-state index in [9.17, 15) is 14.7 Å². The number of ether oxygens (including phenoxy) is 1. The maximum Gasteiger partial charge on any atom is 0.329 e. The molecule has 1 aliphatic rings. The van der Waals surface area contributed by atoms with Gasteiger partial charge in [0.05, 0.1) is 6.54 Å².